The first kappa shape index (κ1) is 11.3. The van der Waals surface area contributed by atoms with Gasteiger partial charge in [-0.2, -0.15) is 0 Å². The molecule has 0 saturated heterocycles. The van der Waals surface area contributed by atoms with E-state index in [0.717, 1.165) is 25.3 Å². The third-order valence-corrected chi connectivity index (χ3v) is 3.53. The van der Waals surface area contributed by atoms with Gasteiger partial charge in [0.15, 0.2) is 0 Å². The van der Waals surface area contributed by atoms with Crippen molar-refractivity contribution in [2.45, 2.75) is 18.8 Å². The number of nitrogens with two attached hydrogens (primary N) is 1. The number of methoxy groups -OCH3 is 1. The monoisotopic (exact) mass is 220 g/mol. The van der Waals surface area contributed by atoms with Crippen LogP contribution >= 0.6 is 0 Å². The van der Waals surface area contributed by atoms with Gasteiger partial charge in [0.25, 0.3) is 0 Å². The Balaban J connectivity index is 2.36. The van der Waals surface area contributed by atoms with Crippen LogP contribution in [0.4, 0.5) is 11.4 Å². The van der Waals surface area contributed by atoms with Crippen LogP contribution in [0.25, 0.3) is 0 Å². The molecule has 0 radical (unpaired) electrons. The van der Waals surface area contributed by atoms with Crippen LogP contribution in [0, 0.1) is 0 Å². The van der Waals surface area contributed by atoms with Gasteiger partial charge >= 0.3 is 0 Å². The van der Waals surface area contributed by atoms with Crippen LogP contribution in [-0.2, 0) is 10.2 Å². The molecule has 16 heavy (non-hydrogen) atoms. The maximum atomic E-state index is 5.88. The number of anilines is 2. The zero-order valence-electron chi connectivity index (χ0n) is 10.3. The minimum Gasteiger partial charge on any atom is -0.399 e. The minimum absolute atomic E-state index is 0.162. The lowest BCUT2D eigenvalue weighted by atomic mass is 9.81. The Bertz CT molecular complexity index is 392. The lowest BCUT2D eigenvalue weighted by Gasteiger charge is -2.24. The summed E-state index contributed by atoms with van der Waals surface area (Å²) < 4.78 is 5.20. The molecule has 88 valence electrons. The number of hydrogen-bond acceptors (Lipinski definition) is 3. The molecule has 1 aliphatic heterocycles. The molecule has 2 N–H and O–H groups in total. The van der Waals surface area contributed by atoms with Gasteiger partial charge in [0.2, 0.25) is 0 Å². The molecule has 1 aliphatic rings. The van der Waals surface area contributed by atoms with E-state index < -0.39 is 0 Å². The van der Waals surface area contributed by atoms with E-state index in [4.69, 9.17) is 10.5 Å². The quantitative estimate of drug-likeness (QED) is 0.792. The normalized spacial score (nSPS) is 23.6. The number of benzene rings is 1. The molecule has 1 aromatic carbocycles. The van der Waals surface area contributed by atoms with Crippen molar-refractivity contribution in [2.24, 2.45) is 0 Å². The van der Waals surface area contributed by atoms with Crippen molar-refractivity contribution >= 4 is 11.4 Å². The SMILES string of the molecule is COCCC1(C)CN(C)c2ccc(N)cc21. The molecule has 3 heteroatoms. The molecule has 1 heterocycles. The molecule has 0 spiro atoms. The van der Waals surface area contributed by atoms with Gasteiger partial charge in [-0.05, 0) is 30.2 Å². The Morgan fingerprint density at radius 3 is 2.94 bits per heavy atom. The van der Waals surface area contributed by atoms with Crippen LogP contribution < -0.4 is 10.6 Å². The maximum absolute atomic E-state index is 5.88. The van der Waals surface area contributed by atoms with E-state index in [1.807, 2.05) is 6.07 Å². The summed E-state index contributed by atoms with van der Waals surface area (Å²) in [6.45, 7) is 4.11. The van der Waals surface area contributed by atoms with E-state index in [1.165, 1.54) is 11.3 Å². The molecular formula is C13H20N2O. The predicted octanol–water partition coefficient (Wildman–Crippen LogP) is 2.01. The molecule has 0 saturated carbocycles. The Morgan fingerprint density at radius 1 is 1.50 bits per heavy atom. The van der Waals surface area contributed by atoms with Crippen LogP contribution in [0.15, 0.2) is 18.2 Å². The lowest BCUT2D eigenvalue weighted by molar-refractivity contribution is 0.174. The van der Waals surface area contributed by atoms with Crippen LogP contribution in [0.2, 0.25) is 0 Å². The van der Waals surface area contributed by atoms with Gasteiger partial charge in [0, 0.05) is 44.1 Å². The van der Waals surface area contributed by atoms with Gasteiger partial charge in [0.05, 0.1) is 0 Å². The fraction of sp³-hybridized carbons (Fsp3) is 0.538. The highest BCUT2D eigenvalue weighted by atomic mass is 16.5. The van der Waals surface area contributed by atoms with Gasteiger partial charge < -0.3 is 15.4 Å². The highest BCUT2D eigenvalue weighted by molar-refractivity contribution is 5.66. The summed E-state index contributed by atoms with van der Waals surface area (Å²) in [6, 6.07) is 6.19. The standard InChI is InChI=1S/C13H20N2O/c1-13(6-7-16-3)9-15(2)12-5-4-10(14)8-11(12)13/h4-5,8H,6-7,9,14H2,1-3H3. The van der Waals surface area contributed by atoms with Crippen molar-refractivity contribution in [1.29, 1.82) is 0 Å². The predicted molar refractivity (Wildman–Crippen MR) is 68.0 cm³/mol. The van der Waals surface area contributed by atoms with E-state index in [-0.39, 0.29) is 5.41 Å². The zero-order chi connectivity index (χ0) is 11.8. The Labute approximate surface area is 97.2 Å². The van der Waals surface area contributed by atoms with Gasteiger partial charge in [-0.15, -0.1) is 0 Å². The maximum Gasteiger partial charge on any atom is 0.0471 e. The molecule has 2 rings (SSSR count). The van der Waals surface area contributed by atoms with Crippen molar-refractivity contribution in [2.75, 3.05) is 37.9 Å². The molecule has 0 aromatic heterocycles. The van der Waals surface area contributed by atoms with E-state index in [9.17, 15) is 0 Å². The van der Waals surface area contributed by atoms with Crippen LogP contribution in [0.3, 0.4) is 0 Å². The van der Waals surface area contributed by atoms with Gasteiger partial charge in [0.1, 0.15) is 0 Å². The van der Waals surface area contributed by atoms with Crippen LogP contribution in [0.5, 0.6) is 0 Å². The Morgan fingerprint density at radius 2 is 2.25 bits per heavy atom. The lowest BCUT2D eigenvalue weighted by Crippen LogP contribution is -2.29. The molecule has 0 bridgehead atoms. The second-order valence-corrected chi connectivity index (χ2v) is 4.94. The molecule has 3 nitrogen and oxygen atoms in total. The van der Waals surface area contributed by atoms with Gasteiger partial charge in [-0.1, -0.05) is 6.92 Å². The number of fused-ring (bicyclic) bond motifs is 1. The number of nitrogen functional groups attached to an aromatic ring is 1. The number of nitrogens with zero attached hydrogens (tertiary/aromatic N) is 1. The van der Waals surface area contributed by atoms with Crippen molar-refractivity contribution < 1.29 is 4.74 Å². The zero-order valence-corrected chi connectivity index (χ0v) is 10.3. The van der Waals surface area contributed by atoms with E-state index in [2.05, 4.69) is 31.0 Å². The van der Waals surface area contributed by atoms with E-state index in [1.54, 1.807) is 7.11 Å². The van der Waals surface area contributed by atoms with Crippen LogP contribution in [0.1, 0.15) is 18.9 Å². The fourth-order valence-corrected chi connectivity index (χ4v) is 2.60. The number of ether oxygens (including phenoxy) is 1. The summed E-state index contributed by atoms with van der Waals surface area (Å²) in [7, 11) is 3.88. The first-order valence-electron chi connectivity index (χ1n) is 5.67. The highest BCUT2D eigenvalue weighted by Crippen LogP contribution is 2.42. The summed E-state index contributed by atoms with van der Waals surface area (Å²) in [4.78, 5) is 2.30. The minimum atomic E-state index is 0.162. The first-order chi connectivity index (χ1) is 7.57. The number of rotatable bonds is 3. The van der Waals surface area contributed by atoms with Crippen molar-refractivity contribution in [1.82, 2.24) is 0 Å². The highest BCUT2D eigenvalue weighted by Gasteiger charge is 2.36. The largest absolute Gasteiger partial charge is 0.399 e. The topological polar surface area (TPSA) is 38.5 Å². The second kappa shape index (κ2) is 3.98. The molecule has 0 aliphatic carbocycles. The van der Waals surface area contributed by atoms with Crippen molar-refractivity contribution in [3.63, 3.8) is 0 Å². The molecule has 1 atom stereocenters. The molecule has 0 fully saturated rings. The fourth-order valence-electron chi connectivity index (χ4n) is 2.60. The van der Waals surface area contributed by atoms with Gasteiger partial charge in [-0.3, -0.25) is 0 Å². The Kier molecular flexibility index (Phi) is 2.80. The second-order valence-electron chi connectivity index (χ2n) is 4.94. The van der Waals surface area contributed by atoms with Crippen molar-refractivity contribution in [3.05, 3.63) is 23.8 Å². The smallest absolute Gasteiger partial charge is 0.0471 e. The summed E-state index contributed by atoms with van der Waals surface area (Å²) in [6.07, 6.45) is 1.03. The molecular weight excluding hydrogens is 200 g/mol. The number of hydrogen-bond donors (Lipinski definition) is 1. The van der Waals surface area contributed by atoms with Crippen LogP contribution in [-0.4, -0.2) is 27.3 Å². The summed E-state index contributed by atoms with van der Waals surface area (Å²) >= 11 is 0. The summed E-state index contributed by atoms with van der Waals surface area (Å²) in [5.74, 6) is 0. The Hall–Kier alpha value is -1.22. The molecule has 1 unspecified atom stereocenters. The van der Waals surface area contributed by atoms with E-state index in [0.29, 0.717) is 0 Å². The third kappa shape index (κ3) is 1.76. The first-order valence-corrected chi connectivity index (χ1v) is 5.67. The molecule has 1 aromatic rings. The van der Waals surface area contributed by atoms with E-state index >= 15 is 0 Å². The summed E-state index contributed by atoms with van der Waals surface area (Å²) in [5.41, 5.74) is 9.54. The average Bonchev–Trinajstić information content (AvgIpc) is 2.49. The summed E-state index contributed by atoms with van der Waals surface area (Å²) in [5, 5.41) is 0. The van der Waals surface area contributed by atoms with Gasteiger partial charge in [-0.25, -0.2) is 0 Å². The van der Waals surface area contributed by atoms with Crippen molar-refractivity contribution in [3.8, 4) is 0 Å². The molecule has 0 amide bonds. The third-order valence-electron chi connectivity index (χ3n) is 3.53. The number of likely N-dealkylation sites (N-methyl/N-ethyl adjacent to an activating group) is 1. The average molecular weight is 220 g/mol.